The summed E-state index contributed by atoms with van der Waals surface area (Å²) in [4.78, 5) is 0. The lowest BCUT2D eigenvalue weighted by Crippen LogP contribution is -2.04. The van der Waals surface area contributed by atoms with Crippen molar-refractivity contribution in [2.24, 2.45) is 0 Å². The van der Waals surface area contributed by atoms with Crippen molar-refractivity contribution in [1.29, 1.82) is 0 Å². The molecule has 1 heterocycles. The molecule has 3 heteroatoms. The number of ether oxygens (including phenoxy) is 3. The number of benzene rings is 1. The molecule has 2 unspecified atom stereocenters. The molecular weight excluding hydrogens is 192 g/mol. The van der Waals surface area contributed by atoms with Crippen LogP contribution in [0.15, 0.2) is 24.3 Å². The molecule has 2 atom stereocenters. The Hall–Kier alpha value is -1.06. The van der Waals surface area contributed by atoms with Crippen molar-refractivity contribution in [1.82, 2.24) is 0 Å². The molecule has 0 saturated carbocycles. The van der Waals surface area contributed by atoms with Crippen molar-refractivity contribution in [3.63, 3.8) is 0 Å². The average molecular weight is 210 g/mol. The lowest BCUT2D eigenvalue weighted by atomic mass is 10.1. The topological polar surface area (TPSA) is 31.0 Å². The molecule has 0 radical (unpaired) electrons. The number of hydrogen-bond donors (Lipinski definition) is 0. The Morgan fingerprint density at radius 2 is 2.27 bits per heavy atom. The second-order valence-corrected chi connectivity index (χ2v) is 3.38. The van der Waals surface area contributed by atoms with E-state index in [0.29, 0.717) is 12.4 Å². The quantitative estimate of drug-likeness (QED) is 0.669. The van der Waals surface area contributed by atoms with Gasteiger partial charge >= 0.3 is 0 Å². The summed E-state index contributed by atoms with van der Waals surface area (Å²) in [7, 11) is 1.68. The van der Waals surface area contributed by atoms with Crippen molar-refractivity contribution < 1.29 is 17.0 Å². The third-order valence-corrected chi connectivity index (χ3v) is 2.18. The van der Waals surface area contributed by atoms with Crippen LogP contribution < -0.4 is 4.74 Å². The molecule has 0 bridgehead atoms. The monoisotopic (exact) mass is 210 g/mol. The SMILES string of the molecule is [2H]C1OC1([2H])COc1ccc(CCOC)cc1. The molecule has 1 aromatic rings. The normalized spacial score (nSPS) is 30.6. The van der Waals surface area contributed by atoms with E-state index in [-0.39, 0.29) is 6.61 Å². The van der Waals surface area contributed by atoms with Gasteiger partial charge in [-0.1, -0.05) is 12.1 Å². The van der Waals surface area contributed by atoms with Crippen LogP contribution in [0.4, 0.5) is 0 Å². The number of hydrogen-bond acceptors (Lipinski definition) is 3. The van der Waals surface area contributed by atoms with Crippen LogP contribution in [-0.4, -0.2) is 33.0 Å². The van der Waals surface area contributed by atoms with Crippen LogP contribution in [0.3, 0.4) is 0 Å². The molecule has 1 aliphatic rings. The second kappa shape index (κ2) is 5.14. The summed E-state index contributed by atoms with van der Waals surface area (Å²) in [5.41, 5.74) is 1.18. The van der Waals surface area contributed by atoms with Gasteiger partial charge in [-0.2, -0.15) is 0 Å². The molecule has 15 heavy (non-hydrogen) atoms. The van der Waals surface area contributed by atoms with Gasteiger partial charge in [-0.25, -0.2) is 0 Å². The highest BCUT2D eigenvalue weighted by atomic mass is 16.6. The van der Waals surface area contributed by atoms with Crippen molar-refractivity contribution in [3.8, 4) is 5.75 Å². The summed E-state index contributed by atoms with van der Waals surface area (Å²) in [6.45, 7) is 0.0201. The van der Waals surface area contributed by atoms with Crippen LogP contribution in [0.2, 0.25) is 0 Å². The smallest absolute Gasteiger partial charge is 0.119 e. The van der Waals surface area contributed by atoms with Crippen LogP contribution in [0.25, 0.3) is 0 Å². The van der Waals surface area contributed by atoms with E-state index in [4.69, 9.17) is 17.0 Å². The van der Waals surface area contributed by atoms with Gasteiger partial charge in [0.05, 0.1) is 15.9 Å². The van der Waals surface area contributed by atoms with Gasteiger partial charge in [0.1, 0.15) is 18.4 Å². The van der Waals surface area contributed by atoms with Crippen molar-refractivity contribution in [2.45, 2.75) is 12.5 Å². The molecule has 1 aliphatic heterocycles. The third-order valence-electron chi connectivity index (χ3n) is 2.18. The molecule has 1 aromatic carbocycles. The predicted octanol–water partition coefficient (Wildman–Crippen LogP) is 1.65. The maximum absolute atomic E-state index is 7.58. The largest absolute Gasteiger partial charge is 0.491 e. The minimum atomic E-state index is -1.17. The molecule has 1 fully saturated rings. The summed E-state index contributed by atoms with van der Waals surface area (Å²) >= 11 is 0. The number of rotatable bonds is 6. The molecule has 0 amide bonds. The minimum absolute atomic E-state index is 0.0958. The van der Waals surface area contributed by atoms with Gasteiger partial charge in [0.2, 0.25) is 0 Å². The Balaban J connectivity index is 1.81. The van der Waals surface area contributed by atoms with Gasteiger partial charge in [0, 0.05) is 7.11 Å². The second-order valence-electron chi connectivity index (χ2n) is 3.38. The van der Waals surface area contributed by atoms with Gasteiger partial charge in [-0.05, 0) is 24.1 Å². The molecule has 2 rings (SSSR count). The van der Waals surface area contributed by atoms with Crippen molar-refractivity contribution in [3.05, 3.63) is 29.8 Å². The summed E-state index contributed by atoms with van der Waals surface area (Å²) in [5.74, 6) is 0.695. The van der Waals surface area contributed by atoms with Crippen molar-refractivity contribution >= 4 is 0 Å². The van der Waals surface area contributed by atoms with E-state index in [1.54, 1.807) is 7.11 Å². The van der Waals surface area contributed by atoms with E-state index >= 15 is 0 Å². The van der Waals surface area contributed by atoms with Crippen LogP contribution in [0.5, 0.6) is 5.75 Å². The van der Waals surface area contributed by atoms with E-state index < -0.39 is 12.7 Å². The highest BCUT2D eigenvalue weighted by Crippen LogP contribution is 2.15. The van der Waals surface area contributed by atoms with Gasteiger partial charge in [-0.15, -0.1) is 0 Å². The van der Waals surface area contributed by atoms with Gasteiger partial charge < -0.3 is 14.2 Å². The minimum Gasteiger partial charge on any atom is -0.491 e. The van der Waals surface area contributed by atoms with Gasteiger partial charge in [-0.3, -0.25) is 0 Å². The zero-order valence-corrected chi connectivity index (χ0v) is 8.73. The zero-order chi connectivity index (χ0) is 12.3. The fraction of sp³-hybridized carbons (Fsp3) is 0.500. The molecule has 0 aliphatic carbocycles. The zero-order valence-electron chi connectivity index (χ0n) is 10.7. The Bertz CT molecular complexity index is 369. The van der Waals surface area contributed by atoms with Crippen LogP contribution in [-0.2, 0) is 15.9 Å². The number of epoxide rings is 1. The highest BCUT2D eigenvalue weighted by Gasteiger charge is 2.22. The van der Waals surface area contributed by atoms with Crippen LogP contribution in [0.1, 0.15) is 8.30 Å². The van der Waals surface area contributed by atoms with E-state index in [9.17, 15) is 0 Å². The molecule has 0 spiro atoms. The fourth-order valence-corrected chi connectivity index (χ4v) is 1.24. The Labute approximate surface area is 92.8 Å². The molecule has 1 saturated heterocycles. The first-order valence-electron chi connectivity index (χ1n) is 6.02. The first kappa shape index (κ1) is 8.13. The van der Waals surface area contributed by atoms with Crippen LogP contribution in [0, 0.1) is 0 Å². The maximum Gasteiger partial charge on any atom is 0.119 e. The molecule has 3 nitrogen and oxygen atoms in total. The fourth-order valence-electron chi connectivity index (χ4n) is 1.24. The highest BCUT2D eigenvalue weighted by molar-refractivity contribution is 5.27. The van der Waals surface area contributed by atoms with Gasteiger partial charge in [0.25, 0.3) is 0 Å². The summed E-state index contributed by atoms with van der Waals surface area (Å²) in [6, 6.07) is 7.65. The Morgan fingerprint density at radius 3 is 2.87 bits per heavy atom. The summed E-state index contributed by atoms with van der Waals surface area (Å²) < 4.78 is 30.0. The van der Waals surface area contributed by atoms with Crippen molar-refractivity contribution in [2.75, 3.05) is 26.9 Å². The van der Waals surface area contributed by atoms with Crippen LogP contribution >= 0.6 is 0 Å². The average Bonchev–Trinajstić information content (AvgIpc) is 2.94. The molecular formula is C12H16O3. The number of methoxy groups -OCH3 is 1. The summed E-state index contributed by atoms with van der Waals surface area (Å²) in [5, 5.41) is 0. The Kier molecular flexibility index (Phi) is 2.79. The Morgan fingerprint density at radius 1 is 1.53 bits per heavy atom. The van der Waals surface area contributed by atoms with E-state index in [1.165, 1.54) is 5.56 Å². The molecule has 0 N–H and O–H groups in total. The lowest BCUT2D eigenvalue weighted by molar-refractivity contribution is 0.202. The van der Waals surface area contributed by atoms with Gasteiger partial charge in [0.15, 0.2) is 0 Å². The van der Waals surface area contributed by atoms with E-state index in [2.05, 4.69) is 0 Å². The molecule has 0 aromatic heterocycles. The first-order chi connectivity index (χ1) is 8.14. The van der Waals surface area contributed by atoms with E-state index in [0.717, 1.165) is 6.42 Å². The lowest BCUT2D eigenvalue weighted by Gasteiger charge is -2.05. The molecule has 82 valence electrons. The summed E-state index contributed by atoms with van der Waals surface area (Å²) in [6.07, 6.45) is -0.300. The van der Waals surface area contributed by atoms with E-state index in [1.807, 2.05) is 24.3 Å². The standard InChI is InChI=1S/C12H16O3/c1-13-7-6-10-2-4-11(5-3-10)14-8-12-9-15-12/h2-5,12H,6-9H2,1H3/i9D,12D. The predicted molar refractivity (Wildman–Crippen MR) is 57.3 cm³/mol. The first-order valence-corrected chi connectivity index (χ1v) is 4.95. The maximum atomic E-state index is 7.58. The third kappa shape index (κ3) is 3.53.